The van der Waals surface area contributed by atoms with Crippen LogP contribution in [-0.4, -0.2) is 24.3 Å². The molecule has 1 aliphatic heterocycles. The first kappa shape index (κ1) is 13.9. The lowest BCUT2D eigenvalue weighted by Crippen LogP contribution is -2.18. The maximum absolute atomic E-state index is 13.4. The summed E-state index contributed by atoms with van der Waals surface area (Å²) < 4.78 is 24.2. The van der Waals surface area contributed by atoms with E-state index in [-0.39, 0.29) is 23.5 Å². The number of rotatable bonds is 2. The Morgan fingerprint density at radius 1 is 1.18 bits per heavy atom. The van der Waals surface area contributed by atoms with E-state index >= 15 is 0 Å². The van der Waals surface area contributed by atoms with Gasteiger partial charge in [0.25, 0.3) is 0 Å². The van der Waals surface area contributed by atoms with Gasteiger partial charge in [0.2, 0.25) is 0 Å². The van der Waals surface area contributed by atoms with Gasteiger partial charge in [-0.25, -0.2) is 9.18 Å². The number of aromatic carboxylic acids is 1. The molecule has 5 nitrogen and oxygen atoms in total. The summed E-state index contributed by atoms with van der Waals surface area (Å²) in [6.45, 7) is 0.601. The molecule has 0 fully saturated rings. The van der Waals surface area contributed by atoms with E-state index in [1.807, 2.05) is 0 Å². The number of carboxylic acid groups (broad SMARTS) is 1. The zero-order valence-electron chi connectivity index (χ0n) is 11.3. The summed E-state index contributed by atoms with van der Waals surface area (Å²) in [7, 11) is 0. The quantitative estimate of drug-likeness (QED) is 0.922. The van der Waals surface area contributed by atoms with E-state index in [9.17, 15) is 14.3 Å². The van der Waals surface area contributed by atoms with Gasteiger partial charge in [0.15, 0.2) is 11.5 Å². The van der Waals surface area contributed by atoms with E-state index in [2.05, 4.69) is 0 Å². The summed E-state index contributed by atoms with van der Waals surface area (Å²) in [5.41, 5.74) is 0.898. The number of nitrogens with zero attached hydrogens (tertiary/aromatic N) is 1. The van der Waals surface area contributed by atoms with Crippen LogP contribution in [0.4, 0.5) is 4.39 Å². The number of hydrogen-bond acceptors (Lipinski definition) is 4. The highest BCUT2D eigenvalue weighted by atomic mass is 19.1. The van der Waals surface area contributed by atoms with Gasteiger partial charge in [0.05, 0.1) is 5.56 Å². The molecule has 2 aromatic rings. The van der Waals surface area contributed by atoms with E-state index in [0.29, 0.717) is 23.5 Å². The van der Waals surface area contributed by atoms with Gasteiger partial charge in [-0.15, -0.1) is 0 Å². The molecule has 1 aliphatic rings. The molecule has 0 radical (unpaired) electrons. The molecule has 0 bridgehead atoms. The van der Waals surface area contributed by atoms with Crippen molar-refractivity contribution in [3.8, 4) is 28.7 Å². The van der Waals surface area contributed by atoms with E-state index < -0.39 is 11.8 Å². The van der Waals surface area contributed by atoms with Crippen LogP contribution in [0.15, 0.2) is 30.3 Å². The SMILES string of the molecule is N#Cc1cc(-c2cc3c(c(C(=O)O)c2)OCCO3)ccc1F. The van der Waals surface area contributed by atoms with Crippen LogP contribution >= 0.6 is 0 Å². The van der Waals surface area contributed by atoms with Gasteiger partial charge in [-0.2, -0.15) is 5.26 Å². The van der Waals surface area contributed by atoms with Crippen LogP contribution in [-0.2, 0) is 0 Å². The van der Waals surface area contributed by atoms with E-state index in [4.69, 9.17) is 14.7 Å². The summed E-state index contributed by atoms with van der Waals surface area (Å²) >= 11 is 0. The number of fused-ring (bicyclic) bond motifs is 1. The van der Waals surface area contributed by atoms with Gasteiger partial charge in [-0.1, -0.05) is 6.07 Å². The number of benzene rings is 2. The molecule has 1 N–H and O–H groups in total. The number of hydrogen-bond donors (Lipinski definition) is 1. The van der Waals surface area contributed by atoms with Crippen LogP contribution < -0.4 is 9.47 Å². The zero-order chi connectivity index (χ0) is 15.7. The lowest BCUT2D eigenvalue weighted by molar-refractivity contribution is 0.0686. The van der Waals surface area contributed by atoms with Gasteiger partial charge < -0.3 is 14.6 Å². The van der Waals surface area contributed by atoms with Crippen LogP contribution in [0.1, 0.15) is 15.9 Å². The summed E-state index contributed by atoms with van der Waals surface area (Å²) in [6, 6.07) is 8.82. The topological polar surface area (TPSA) is 79.6 Å². The molecule has 0 unspecified atom stereocenters. The molecule has 0 aliphatic carbocycles. The molecule has 0 atom stereocenters. The van der Waals surface area contributed by atoms with Crippen LogP contribution in [0.3, 0.4) is 0 Å². The summed E-state index contributed by atoms with van der Waals surface area (Å²) in [4.78, 5) is 11.4. The molecule has 0 aromatic heterocycles. The molecular formula is C16H10FNO4. The molecule has 2 aromatic carbocycles. The largest absolute Gasteiger partial charge is 0.486 e. The molecule has 1 heterocycles. The van der Waals surface area contributed by atoms with Crippen molar-refractivity contribution >= 4 is 5.97 Å². The van der Waals surface area contributed by atoms with Crippen molar-refractivity contribution in [2.45, 2.75) is 0 Å². The third-order valence-corrected chi connectivity index (χ3v) is 3.29. The zero-order valence-corrected chi connectivity index (χ0v) is 11.3. The Balaban J connectivity index is 2.18. The number of nitriles is 1. The fraction of sp³-hybridized carbons (Fsp3) is 0.125. The molecule has 3 rings (SSSR count). The van der Waals surface area contributed by atoms with E-state index in [1.165, 1.54) is 24.3 Å². The lowest BCUT2D eigenvalue weighted by atomic mass is 9.99. The van der Waals surface area contributed by atoms with Gasteiger partial charge in [0, 0.05) is 0 Å². The third kappa shape index (κ3) is 2.33. The van der Waals surface area contributed by atoms with Crippen molar-refractivity contribution in [2.24, 2.45) is 0 Å². The Kier molecular flexibility index (Phi) is 3.39. The summed E-state index contributed by atoms with van der Waals surface area (Å²) in [5, 5.41) is 18.2. The highest BCUT2D eigenvalue weighted by molar-refractivity contribution is 5.94. The molecule has 110 valence electrons. The van der Waals surface area contributed by atoms with Crippen molar-refractivity contribution < 1.29 is 23.8 Å². The molecule has 0 saturated carbocycles. The second kappa shape index (κ2) is 5.37. The third-order valence-electron chi connectivity index (χ3n) is 3.29. The fourth-order valence-electron chi connectivity index (χ4n) is 2.27. The maximum Gasteiger partial charge on any atom is 0.339 e. The first-order valence-electron chi connectivity index (χ1n) is 6.47. The number of carbonyl (C=O) groups is 1. The Hall–Kier alpha value is -3.07. The first-order valence-corrected chi connectivity index (χ1v) is 6.47. The van der Waals surface area contributed by atoms with E-state index in [0.717, 1.165) is 0 Å². The number of halogens is 1. The molecule has 0 amide bonds. The van der Waals surface area contributed by atoms with Crippen molar-refractivity contribution in [3.63, 3.8) is 0 Å². The Labute approximate surface area is 125 Å². The second-order valence-electron chi connectivity index (χ2n) is 4.66. The number of carboxylic acids is 1. The minimum Gasteiger partial charge on any atom is -0.486 e. The van der Waals surface area contributed by atoms with Gasteiger partial charge in [-0.05, 0) is 35.4 Å². The predicted octanol–water partition coefficient (Wildman–Crippen LogP) is 2.83. The Morgan fingerprint density at radius 3 is 2.68 bits per heavy atom. The second-order valence-corrected chi connectivity index (χ2v) is 4.66. The Bertz CT molecular complexity index is 811. The molecular weight excluding hydrogens is 289 g/mol. The molecule has 0 spiro atoms. The van der Waals surface area contributed by atoms with Gasteiger partial charge >= 0.3 is 5.97 Å². The standard InChI is InChI=1S/C16H10FNO4/c17-13-2-1-9(5-11(13)8-18)10-6-12(16(19)20)15-14(7-10)21-3-4-22-15/h1-2,5-7H,3-4H2,(H,19,20). The maximum atomic E-state index is 13.4. The average molecular weight is 299 g/mol. The molecule has 6 heteroatoms. The van der Waals surface area contributed by atoms with E-state index in [1.54, 1.807) is 12.1 Å². The van der Waals surface area contributed by atoms with Crippen LogP contribution in [0.5, 0.6) is 11.5 Å². The average Bonchev–Trinajstić information content (AvgIpc) is 2.54. The smallest absolute Gasteiger partial charge is 0.339 e. The Morgan fingerprint density at radius 2 is 1.95 bits per heavy atom. The number of ether oxygens (including phenoxy) is 2. The lowest BCUT2D eigenvalue weighted by Gasteiger charge is -2.21. The normalized spacial score (nSPS) is 12.5. The van der Waals surface area contributed by atoms with Crippen LogP contribution in [0.25, 0.3) is 11.1 Å². The highest BCUT2D eigenvalue weighted by Crippen LogP contribution is 2.38. The molecule has 0 saturated heterocycles. The predicted molar refractivity (Wildman–Crippen MR) is 74.5 cm³/mol. The van der Waals surface area contributed by atoms with Gasteiger partial charge in [0.1, 0.15) is 30.7 Å². The minimum atomic E-state index is -1.15. The summed E-state index contributed by atoms with van der Waals surface area (Å²) in [5.74, 6) is -1.26. The van der Waals surface area contributed by atoms with Crippen molar-refractivity contribution in [1.82, 2.24) is 0 Å². The first-order chi connectivity index (χ1) is 10.6. The minimum absolute atomic E-state index is 0.0324. The monoisotopic (exact) mass is 299 g/mol. The van der Waals surface area contributed by atoms with Crippen LogP contribution in [0, 0.1) is 17.1 Å². The fourth-order valence-corrected chi connectivity index (χ4v) is 2.27. The summed E-state index contributed by atoms with van der Waals surface area (Å²) in [6.07, 6.45) is 0. The highest BCUT2D eigenvalue weighted by Gasteiger charge is 2.22. The molecule has 22 heavy (non-hydrogen) atoms. The van der Waals surface area contributed by atoms with Crippen molar-refractivity contribution in [3.05, 3.63) is 47.3 Å². The van der Waals surface area contributed by atoms with Crippen molar-refractivity contribution in [1.29, 1.82) is 5.26 Å². The van der Waals surface area contributed by atoms with Crippen molar-refractivity contribution in [2.75, 3.05) is 13.2 Å². The van der Waals surface area contributed by atoms with Gasteiger partial charge in [-0.3, -0.25) is 0 Å². The van der Waals surface area contributed by atoms with Crippen LogP contribution in [0.2, 0.25) is 0 Å².